The topological polar surface area (TPSA) is 62.1 Å². The molecule has 3 atom stereocenters. The van der Waals surface area contributed by atoms with Crippen molar-refractivity contribution in [1.29, 1.82) is 0 Å². The zero-order chi connectivity index (χ0) is 8.27. The molecule has 0 aliphatic carbocycles. The number of nitrogens with one attached hydrogen (secondary N) is 3. The molecule has 0 amide bonds. The molecule has 1 rings (SSSR count). The van der Waals surface area contributed by atoms with Crippen molar-refractivity contribution in [3.8, 4) is 0 Å². The molecule has 0 saturated carbocycles. The minimum Gasteiger partial charge on any atom is -0.316 e. The summed E-state index contributed by atoms with van der Waals surface area (Å²) in [7, 11) is 0. The fraction of sp³-hybridized carbons (Fsp3) is 1.00. The van der Waals surface area contributed by atoms with Crippen molar-refractivity contribution in [2.75, 3.05) is 13.2 Å². The third-order valence-corrected chi connectivity index (χ3v) is 1.92. The molecule has 0 aromatic heterocycles. The lowest BCUT2D eigenvalue weighted by atomic mass is 10.1. The second-order valence-corrected chi connectivity index (χ2v) is 3.25. The second kappa shape index (κ2) is 4.01. The van der Waals surface area contributed by atoms with Crippen LogP contribution in [0.2, 0.25) is 0 Å². The molecule has 0 aromatic rings. The highest BCUT2D eigenvalue weighted by molar-refractivity contribution is 4.77. The molecule has 4 heteroatoms. The van der Waals surface area contributed by atoms with Gasteiger partial charge in [0.25, 0.3) is 0 Å². The van der Waals surface area contributed by atoms with Crippen molar-refractivity contribution < 1.29 is 0 Å². The van der Waals surface area contributed by atoms with Gasteiger partial charge in [0.1, 0.15) is 0 Å². The molecule has 0 radical (unpaired) electrons. The van der Waals surface area contributed by atoms with Crippen LogP contribution in [0.4, 0.5) is 0 Å². The van der Waals surface area contributed by atoms with Gasteiger partial charge in [0.15, 0.2) is 0 Å². The number of hydrogen-bond acceptors (Lipinski definition) is 4. The maximum absolute atomic E-state index is 5.61. The molecule has 0 spiro atoms. The summed E-state index contributed by atoms with van der Waals surface area (Å²) in [5.41, 5.74) is 5.61. The van der Waals surface area contributed by atoms with Gasteiger partial charge in [-0.1, -0.05) is 6.92 Å². The van der Waals surface area contributed by atoms with Crippen LogP contribution in [-0.2, 0) is 0 Å². The predicted octanol–water partition coefficient (Wildman–Crippen LogP) is -1.01. The fourth-order valence-corrected chi connectivity index (χ4v) is 1.31. The molecule has 0 aromatic carbocycles. The van der Waals surface area contributed by atoms with Gasteiger partial charge in [-0.25, -0.2) is 0 Å². The summed E-state index contributed by atoms with van der Waals surface area (Å²) in [4.78, 5) is 0. The molecule has 0 bridgehead atoms. The van der Waals surface area contributed by atoms with Crippen LogP contribution in [0.5, 0.6) is 0 Å². The van der Waals surface area contributed by atoms with Crippen LogP contribution < -0.4 is 21.7 Å². The molecule has 1 saturated heterocycles. The van der Waals surface area contributed by atoms with Gasteiger partial charge in [-0.3, -0.25) is 10.6 Å². The Labute approximate surface area is 67.9 Å². The molecule has 1 fully saturated rings. The standard InChI is InChI=1S/C7H18N4/c1-5-3-9-4-10-7(5)11-6(2)8/h5-7,9-11H,3-4,8H2,1-2H3/t5?,6-,7?/m0/s1. The van der Waals surface area contributed by atoms with Gasteiger partial charge in [0.05, 0.1) is 12.3 Å². The largest absolute Gasteiger partial charge is 0.316 e. The van der Waals surface area contributed by atoms with Crippen molar-refractivity contribution in [3.05, 3.63) is 0 Å². The highest BCUT2D eigenvalue weighted by Crippen LogP contribution is 2.01. The Balaban J connectivity index is 2.29. The second-order valence-electron chi connectivity index (χ2n) is 3.25. The van der Waals surface area contributed by atoms with E-state index < -0.39 is 0 Å². The number of nitrogens with two attached hydrogens (primary N) is 1. The van der Waals surface area contributed by atoms with E-state index in [2.05, 4.69) is 22.9 Å². The third-order valence-electron chi connectivity index (χ3n) is 1.92. The smallest absolute Gasteiger partial charge is 0.0632 e. The molecule has 5 N–H and O–H groups in total. The van der Waals surface area contributed by atoms with E-state index in [0.29, 0.717) is 12.1 Å². The van der Waals surface area contributed by atoms with Crippen LogP contribution in [0.1, 0.15) is 13.8 Å². The summed E-state index contributed by atoms with van der Waals surface area (Å²) in [6.45, 7) is 6.07. The van der Waals surface area contributed by atoms with E-state index in [1.54, 1.807) is 0 Å². The minimum absolute atomic E-state index is 0.0630. The lowest BCUT2D eigenvalue weighted by Gasteiger charge is -2.32. The van der Waals surface area contributed by atoms with Gasteiger partial charge in [-0.2, -0.15) is 0 Å². The molecule has 2 unspecified atom stereocenters. The van der Waals surface area contributed by atoms with Crippen molar-refractivity contribution in [2.24, 2.45) is 11.7 Å². The van der Waals surface area contributed by atoms with Gasteiger partial charge < -0.3 is 11.1 Å². The molecular formula is C7H18N4. The molecular weight excluding hydrogens is 140 g/mol. The summed E-state index contributed by atoms with van der Waals surface area (Å²) in [5, 5.41) is 9.80. The van der Waals surface area contributed by atoms with Crippen molar-refractivity contribution in [2.45, 2.75) is 26.2 Å². The average Bonchev–Trinajstić information content (AvgIpc) is 1.93. The molecule has 1 heterocycles. The molecule has 1 aliphatic heterocycles. The maximum atomic E-state index is 5.61. The quantitative estimate of drug-likeness (QED) is 0.389. The van der Waals surface area contributed by atoms with Gasteiger partial charge in [0, 0.05) is 13.2 Å². The Morgan fingerprint density at radius 1 is 1.64 bits per heavy atom. The molecule has 1 aliphatic rings. The Morgan fingerprint density at radius 3 is 2.91 bits per heavy atom. The number of hydrogen-bond donors (Lipinski definition) is 4. The van der Waals surface area contributed by atoms with E-state index in [0.717, 1.165) is 13.2 Å². The zero-order valence-electron chi connectivity index (χ0n) is 7.22. The van der Waals surface area contributed by atoms with Gasteiger partial charge in [-0.05, 0) is 12.8 Å². The first-order valence-electron chi connectivity index (χ1n) is 4.16. The highest BCUT2D eigenvalue weighted by Gasteiger charge is 2.19. The van der Waals surface area contributed by atoms with Gasteiger partial charge >= 0.3 is 0 Å². The molecule has 4 nitrogen and oxygen atoms in total. The minimum atomic E-state index is 0.0630. The normalized spacial score (nSPS) is 35.2. The first-order chi connectivity index (χ1) is 5.20. The van der Waals surface area contributed by atoms with Crippen molar-refractivity contribution in [3.63, 3.8) is 0 Å². The molecule has 11 heavy (non-hydrogen) atoms. The highest BCUT2D eigenvalue weighted by atomic mass is 15.2. The van der Waals surface area contributed by atoms with E-state index in [1.165, 1.54) is 0 Å². The van der Waals surface area contributed by atoms with E-state index in [9.17, 15) is 0 Å². The van der Waals surface area contributed by atoms with Crippen LogP contribution in [-0.4, -0.2) is 25.5 Å². The average molecular weight is 158 g/mol. The van der Waals surface area contributed by atoms with Crippen molar-refractivity contribution in [1.82, 2.24) is 16.0 Å². The SMILES string of the molecule is CC1CNCNC1N[C@@H](C)N. The van der Waals surface area contributed by atoms with Crippen LogP contribution in [0, 0.1) is 5.92 Å². The number of rotatable bonds is 2. The van der Waals surface area contributed by atoms with Crippen LogP contribution in [0.25, 0.3) is 0 Å². The summed E-state index contributed by atoms with van der Waals surface area (Å²) >= 11 is 0. The lowest BCUT2D eigenvalue weighted by molar-refractivity contribution is 0.239. The zero-order valence-corrected chi connectivity index (χ0v) is 7.22. The monoisotopic (exact) mass is 158 g/mol. The van der Waals surface area contributed by atoms with E-state index in [-0.39, 0.29) is 6.17 Å². The summed E-state index contributed by atoms with van der Waals surface area (Å²) in [6, 6.07) is 0. The lowest BCUT2D eigenvalue weighted by Crippen LogP contribution is -2.60. The maximum Gasteiger partial charge on any atom is 0.0632 e. The predicted molar refractivity (Wildman–Crippen MR) is 45.7 cm³/mol. The summed E-state index contributed by atoms with van der Waals surface area (Å²) < 4.78 is 0. The van der Waals surface area contributed by atoms with Crippen LogP contribution in [0.3, 0.4) is 0 Å². The Morgan fingerprint density at radius 2 is 2.36 bits per heavy atom. The fourth-order valence-electron chi connectivity index (χ4n) is 1.31. The van der Waals surface area contributed by atoms with Crippen LogP contribution >= 0.6 is 0 Å². The van der Waals surface area contributed by atoms with Gasteiger partial charge in [-0.15, -0.1) is 0 Å². The Kier molecular flexibility index (Phi) is 3.26. The van der Waals surface area contributed by atoms with E-state index in [4.69, 9.17) is 5.73 Å². The van der Waals surface area contributed by atoms with E-state index >= 15 is 0 Å². The summed E-state index contributed by atoms with van der Waals surface area (Å²) in [5.74, 6) is 0.592. The third kappa shape index (κ3) is 2.75. The van der Waals surface area contributed by atoms with E-state index in [1.807, 2.05) is 6.92 Å². The first kappa shape index (κ1) is 8.93. The van der Waals surface area contributed by atoms with Crippen molar-refractivity contribution >= 4 is 0 Å². The Bertz CT molecular complexity index is 115. The Hall–Kier alpha value is -0.160. The van der Waals surface area contributed by atoms with Crippen LogP contribution in [0.15, 0.2) is 0 Å². The van der Waals surface area contributed by atoms with Gasteiger partial charge in [0.2, 0.25) is 0 Å². The molecule has 66 valence electrons. The first-order valence-corrected chi connectivity index (χ1v) is 4.16. The summed E-state index contributed by atoms with van der Waals surface area (Å²) in [6.07, 6.45) is 0.421.